The summed E-state index contributed by atoms with van der Waals surface area (Å²) in [6.07, 6.45) is 9.79. The number of carboxylic acids is 1. The highest BCUT2D eigenvalue weighted by atomic mass is 16.5. The van der Waals surface area contributed by atoms with Crippen LogP contribution < -0.4 is 4.74 Å². The summed E-state index contributed by atoms with van der Waals surface area (Å²) in [7, 11) is 0. The highest BCUT2D eigenvalue weighted by Gasteiger charge is 2.02. The molecule has 0 aliphatic rings. The van der Waals surface area contributed by atoms with Gasteiger partial charge in [0.1, 0.15) is 5.75 Å². The predicted octanol–water partition coefficient (Wildman–Crippen LogP) is 4.70. The second kappa shape index (κ2) is 10.0. The standard InChI is InChI=1S/C18H26O3/c1-3-5-6-7-8-13-21-17-11-9-16(10-12-18(19)20)15(4-2)14-17/h9-12,14H,3-8,13H2,1-2H3,(H,19,20). The Morgan fingerprint density at radius 3 is 2.62 bits per heavy atom. The molecule has 0 fully saturated rings. The van der Waals surface area contributed by atoms with Crippen LogP contribution in [0, 0.1) is 0 Å². The van der Waals surface area contributed by atoms with Crippen molar-refractivity contribution < 1.29 is 14.6 Å². The molecule has 0 unspecified atom stereocenters. The third-order valence-electron chi connectivity index (χ3n) is 3.42. The Morgan fingerprint density at radius 2 is 1.95 bits per heavy atom. The molecule has 0 saturated carbocycles. The molecule has 0 atom stereocenters. The molecule has 0 amide bonds. The first-order chi connectivity index (χ1) is 10.2. The number of unbranched alkanes of at least 4 members (excludes halogenated alkanes) is 4. The lowest BCUT2D eigenvalue weighted by atomic mass is 10.0. The van der Waals surface area contributed by atoms with Crippen molar-refractivity contribution in [3.8, 4) is 5.75 Å². The Morgan fingerprint density at radius 1 is 1.19 bits per heavy atom. The van der Waals surface area contributed by atoms with Crippen LogP contribution in [-0.2, 0) is 11.2 Å². The summed E-state index contributed by atoms with van der Waals surface area (Å²) in [4.78, 5) is 10.6. The van der Waals surface area contributed by atoms with E-state index in [2.05, 4.69) is 13.8 Å². The third kappa shape index (κ3) is 6.98. The Bertz CT molecular complexity index is 464. The number of hydrogen-bond acceptors (Lipinski definition) is 2. The topological polar surface area (TPSA) is 46.5 Å². The molecule has 0 heterocycles. The quantitative estimate of drug-likeness (QED) is 0.502. The maximum absolute atomic E-state index is 10.6. The second-order valence-corrected chi connectivity index (χ2v) is 5.15. The summed E-state index contributed by atoms with van der Waals surface area (Å²) in [5, 5.41) is 8.69. The fourth-order valence-corrected chi connectivity index (χ4v) is 2.20. The summed E-state index contributed by atoms with van der Waals surface area (Å²) < 4.78 is 5.77. The van der Waals surface area contributed by atoms with E-state index in [0.717, 1.165) is 36.3 Å². The van der Waals surface area contributed by atoms with Gasteiger partial charge in [-0.2, -0.15) is 0 Å². The van der Waals surface area contributed by atoms with Gasteiger partial charge in [0.25, 0.3) is 0 Å². The monoisotopic (exact) mass is 290 g/mol. The highest BCUT2D eigenvalue weighted by Crippen LogP contribution is 2.20. The van der Waals surface area contributed by atoms with Crippen LogP contribution in [-0.4, -0.2) is 17.7 Å². The van der Waals surface area contributed by atoms with Crippen LogP contribution in [0.15, 0.2) is 24.3 Å². The Hall–Kier alpha value is -1.77. The van der Waals surface area contributed by atoms with Crippen molar-refractivity contribution in [3.63, 3.8) is 0 Å². The molecule has 0 aliphatic heterocycles. The molecule has 0 aliphatic carbocycles. The lowest BCUT2D eigenvalue weighted by molar-refractivity contribution is -0.131. The molecule has 0 aromatic heterocycles. The molecule has 1 aromatic rings. The second-order valence-electron chi connectivity index (χ2n) is 5.15. The number of carboxylic acid groups (broad SMARTS) is 1. The van der Waals surface area contributed by atoms with Gasteiger partial charge in [-0.1, -0.05) is 45.6 Å². The van der Waals surface area contributed by atoms with Gasteiger partial charge in [0.05, 0.1) is 6.61 Å². The van der Waals surface area contributed by atoms with E-state index in [0.29, 0.717) is 0 Å². The van der Waals surface area contributed by atoms with Crippen LogP contribution in [0.2, 0.25) is 0 Å². The molecule has 1 N–H and O–H groups in total. The molecule has 21 heavy (non-hydrogen) atoms. The SMILES string of the molecule is CCCCCCCOc1ccc(C=CC(=O)O)c(CC)c1. The average Bonchev–Trinajstić information content (AvgIpc) is 2.49. The first-order valence-corrected chi connectivity index (χ1v) is 7.84. The number of carbonyl (C=O) groups is 1. The molecular formula is C18H26O3. The molecule has 0 spiro atoms. The van der Waals surface area contributed by atoms with Crippen molar-refractivity contribution in [2.24, 2.45) is 0 Å². The molecule has 0 bridgehead atoms. The molecule has 116 valence electrons. The largest absolute Gasteiger partial charge is 0.494 e. The minimum absolute atomic E-state index is 0.747. The van der Waals surface area contributed by atoms with E-state index < -0.39 is 5.97 Å². The summed E-state index contributed by atoms with van der Waals surface area (Å²) in [5.74, 6) is -0.0562. The average molecular weight is 290 g/mol. The molecule has 3 heteroatoms. The molecular weight excluding hydrogens is 264 g/mol. The molecule has 3 nitrogen and oxygen atoms in total. The maximum Gasteiger partial charge on any atom is 0.328 e. The van der Waals surface area contributed by atoms with Gasteiger partial charge in [0.15, 0.2) is 0 Å². The number of hydrogen-bond donors (Lipinski definition) is 1. The minimum Gasteiger partial charge on any atom is -0.494 e. The van der Waals surface area contributed by atoms with Crippen molar-refractivity contribution in [2.45, 2.75) is 52.4 Å². The van der Waals surface area contributed by atoms with Crippen LogP contribution in [0.1, 0.15) is 57.1 Å². The van der Waals surface area contributed by atoms with Crippen molar-refractivity contribution in [1.29, 1.82) is 0 Å². The summed E-state index contributed by atoms with van der Waals surface area (Å²) >= 11 is 0. The Kier molecular flexibility index (Phi) is 8.25. The van der Waals surface area contributed by atoms with E-state index in [1.54, 1.807) is 6.08 Å². The zero-order valence-electron chi connectivity index (χ0n) is 13.1. The van der Waals surface area contributed by atoms with Crippen molar-refractivity contribution in [1.82, 2.24) is 0 Å². The Balaban J connectivity index is 2.51. The zero-order chi connectivity index (χ0) is 15.5. The van der Waals surface area contributed by atoms with E-state index in [1.165, 1.54) is 31.8 Å². The molecule has 0 radical (unpaired) electrons. The maximum atomic E-state index is 10.6. The van der Waals surface area contributed by atoms with Crippen LogP contribution in [0.4, 0.5) is 0 Å². The zero-order valence-corrected chi connectivity index (χ0v) is 13.1. The van der Waals surface area contributed by atoms with Crippen molar-refractivity contribution >= 4 is 12.0 Å². The van der Waals surface area contributed by atoms with Gasteiger partial charge < -0.3 is 9.84 Å². The van der Waals surface area contributed by atoms with Gasteiger partial charge in [-0.05, 0) is 42.2 Å². The molecule has 1 aromatic carbocycles. The fourth-order valence-electron chi connectivity index (χ4n) is 2.20. The van der Waals surface area contributed by atoms with E-state index in [9.17, 15) is 4.79 Å². The van der Waals surface area contributed by atoms with Gasteiger partial charge in [-0.3, -0.25) is 0 Å². The van der Waals surface area contributed by atoms with Crippen LogP contribution in [0.25, 0.3) is 6.08 Å². The number of ether oxygens (including phenoxy) is 1. The Labute approximate surface area is 127 Å². The summed E-state index contributed by atoms with van der Waals surface area (Å²) in [6.45, 7) is 5.02. The normalized spacial score (nSPS) is 11.0. The van der Waals surface area contributed by atoms with E-state index in [4.69, 9.17) is 9.84 Å². The number of aryl methyl sites for hydroxylation is 1. The number of benzene rings is 1. The van der Waals surface area contributed by atoms with Gasteiger partial charge in [0, 0.05) is 6.08 Å². The smallest absolute Gasteiger partial charge is 0.328 e. The minimum atomic E-state index is -0.926. The highest BCUT2D eigenvalue weighted by molar-refractivity contribution is 5.85. The summed E-state index contributed by atoms with van der Waals surface area (Å²) in [6, 6.07) is 5.84. The number of aliphatic carboxylic acids is 1. The number of rotatable bonds is 10. The lowest BCUT2D eigenvalue weighted by Crippen LogP contribution is -1.98. The first kappa shape index (κ1) is 17.3. The van der Waals surface area contributed by atoms with Gasteiger partial charge in [-0.15, -0.1) is 0 Å². The van der Waals surface area contributed by atoms with Crippen molar-refractivity contribution in [3.05, 3.63) is 35.4 Å². The van der Waals surface area contributed by atoms with Gasteiger partial charge in [0.2, 0.25) is 0 Å². The fraction of sp³-hybridized carbons (Fsp3) is 0.500. The van der Waals surface area contributed by atoms with E-state index in [1.807, 2.05) is 18.2 Å². The van der Waals surface area contributed by atoms with Gasteiger partial charge >= 0.3 is 5.97 Å². The van der Waals surface area contributed by atoms with Gasteiger partial charge in [-0.25, -0.2) is 4.79 Å². The lowest BCUT2D eigenvalue weighted by Gasteiger charge is -2.09. The van der Waals surface area contributed by atoms with Crippen LogP contribution in [0.5, 0.6) is 5.75 Å². The van der Waals surface area contributed by atoms with Crippen molar-refractivity contribution in [2.75, 3.05) is 6.61 Å². The van der Waals surface area contributed by atoms with E-state index in [-0.39, 0.29) is 0 Å². The van der Waals surface area contributed by atoms with Crippen LogP contribution >= 0.6 is 0 Å². The molecule has 0 saturated heterocycles. The van der Waals surface area contributed by atoms with E-state index >= 15 is 0 Å². The van der Waals surface area contributed by atoms with Crippen LogP contribution in [0.3, 0.4) is 0 Å². The summed E-state index contributed by atoms with van der Waals surface area (Å²) in [5.41, 5.74) is 2.05. The molecule has 1 rings (SSSR count). The third-order valence-corrected chi connectivity index (χ3v) is 3.42. The predicted molar refractivity (Wildman–Crippen MR) is 86.7 cm³/mol. The first-order valence-electron chi connectivity index (χ1n) is 7.84.